The summed E-state index contributed by atoms with van der Waals surface area (Å²) in [6, 6.07) is 10.2. The smallest absolute Gasteiger partial charge is 0.119 e. The molecular weight excluding hydrogens is 340 g/mol. The highest BCUT2D eigenvalue weighted by Crippen LogP contribution is 2.37. The molecule has 3 unspecified atom stereocenters. The van der Waals surface area contributed by atoms with Crippen molar-refractivity contribution in [1.29, 1.82) is 0 Å². The second-order valence-electron chi connectivity index (χ2n) is 8.93. The van der Waals surface area contributed by atoms with E-state index in [-0.39, 0.29) is 0 Å². The van der Waals surface area contributed by atoms with Crippen LogP contribution < -0.4 is 4.74 Å². The summed E-state index contributed by atoms with van der Waals surface area (Å²) in [5.41, 5.74) is 1.77. The van der Waals surface area contributed by atoms with E-state index in [1.807, 2.05) is 18.2 Å². The molecule has 0 saturated heterocycles. The van der Waals surface area contributed by atoms with Gasteiger partial charge < -0.3 is 4.74 Å². The number of ether oxygens (including phenoxy) is 1. The number of unbranched alkanes of at least 4 members (excludes halogenated alkanes) is 3. The second kappa shape index (κ2) is 13.9. The van der Waals surface area contributed by atoms with Crippen molar-refractivity contribution in [1.82, 2.24) is 0 Å². The van der Waals surface area contributed by atoms with E-state index < -0.39 is 0 Å². The van der Waals surface area contributed by atoms with Crippen molar-refractivity contribution in [3.63, 3.8) is 0 Å². The lowest BCUT2D eigenvalue weighted by Gasteiger charge is -2.31. The fourth-order valence-electron chi connectivity index (χ4n) is 4.72. The molecule has 1 nitrogen and oxygen atoms in total. The average Bonchev–Trinajstić information content (AvgIpc) is 2.74. The maximum Gasteiger partial charge on any atom is 0.119 e. The van der Waals surface area contributed by atoms with Crippen LogP contribution in [0.25, 0.3) is 0 Å². The Balaban J connectivity index is 1.78. The molecule has 1 heteroatoms. The van der Waals surface area contributed by atoms with Gasteiger partial charge in [0, 0.05) is 0 Å². The summed E-state index contributed by atoms with van der Waals surface area (Å²) < 4.78 is 5.92. The minimum absolute atomic E-state index is 0.788. The lowest BCUT2D eigenvalue weighted by molar-refractivity contribution is 0.279. The van der Waals surface area contributed by atoms with Gasteiger partial charge in [-0.15, -0.1) is 0 Å². The Labute approximate surface area is 175 Å². The van der Waals surface area contributed by atoms with Gasteiger partial charge in [0.25, 0.3) is 0 Å². The van der Waals surface area contributed by atoms with E-state index in [9.17, 15) is 0 Å². The molecule has 0 bridgehead atoms. The minimum Gasteiger partial charge on any atom is -0.494 e. The van der Waals surface area contributed by atoms with Crippen molar-refractivity contribution in [3.8, 4) is 5.75 Å². The third-order valence-electron chi connectivity index (χ3n) is 6.69. The molecule has 28 heavy (non-hydrogen) atoms. The van der Waals surface area contributed by atoms with Crippen molar-refractivity contribution in [2.75, 3.05) is 6.61 Å². The van der Waals surface area contributed by atoms with E-state index in [0.29, 0.717) is 0 Å². The van der Waals surface area contributed by atoms with Gasteiger partial charge in [-0.05, 0) is 68.4 Å². The summed E-state index contributed by atoms with van der Waals surface area (Å²) in [5.74, 6) is 3.62. The monoisotopic (exact) mass is 384 g/mol. The first-order valence-corrected chi connectivity index (χ1v) is 12.1. The molecule has 2 rings (SSSR count). The molecule has 158 valence electrons. The molecule has 0 amide bonds. The summed E-state index contributed by atoms with van der Waals surface area (Å²) in [4.78, 5) is 0. The molecule has 0 radical (unpaired) electrons. The van der Waals surface area contributed by atoms with Crippen LogP contribution >= 0.6 is 0 Å². The number of para-hydroxylation sites is 1. The topological polar surface area (TPSA) is 9.23 Å². The van der Waals surface area contributed by atoms with Crippen molar-refractivity contribution in [2.24, 2.45) is 17.8 Å². The highest BCUT2D eigenvalue weighted by molar-refractivity contribution is 5.20. The molecule has 1 aromatic rings. The molecule has 0 aliphatic heterocycles. The summed E-state index contributed by atoms with van der Waals surface area (Å²) in [5, 5.41) is 0. The normalized spacial score (nSPS) is 19.1. The first kappa shape index (κ1) is 23.0. The summed E-state index contributed by atoms with van der Waals surface area (Å²) >= 11 is 0. The second-order valence-corrected chi connectivity index (χ2v) is 8.93. The SMILES string of the molecule is CCCCCC(C)C1CC=C(C(CCCC)CCCOc2ccccc2)CC1. The van der Waals surface area contributed by atoms with Crippen LogP contribution in [0.4, 0.5) is 0 Å². The number of benzene rings is 1. The van der Waals surface area contributed by atoms with Crippen molar-refractivity contribution in [3.05, 3.63) is 42.0 Å². The summed E-state index contributed by atoms with van der Waals surface area (Å²) in [6.07, 6.45) is 18.8. The van der Waals surface area contributed by atoms with Crippen LogP contribution in [0.3, 0.4) is 0 Å². The Morgan fingerprint density at radius 1 is 0.929 bits per heavy atom. The van der Waals surface area contributed by atoms with Crippen LogP contribution in [0, 0.1) is 17.8 Å². The van der Waals surface area contributed by atoms with Gasteiger partial charge in [0.05, 0.1) is 6.61 Å². The molecule has 1 aromatic carbocycles. The number of allylic oxidation sites excluding steroid dienone is 2. The minimum atomic E-state index is 0.788. The highest BCUT2D eigenvalue weighted by atomic mass is 16.5. The van der Waals surface area contributed by atoms with Crippen LogP contribution in [0.15, 0.2) is 42.0 Å². The van der Waals surface area contributed by atoms with Gasteiger partial charge in [0.15, 0.2) is 0 Å². The Hall–Kier alpha value is -1.24. The molecule has 0 spiro atoms. The van der Waals surface area contributed by atoms with E-state index in [0.717, 1.165) is 36.5 Å². The number of hydrogen-bond acceptors (Lipinski definition) is 1. The summed E-state index contributed by atoms with van der Waals surface area (Å²) in [6.45, 7) is 7.96. The van der Waals surface area contributed by atoms with Crippen LogP contribution in [-0.2, 0) is 0 Å². The molecule has 3 atom stereocenters. The number of rotatable bonds is 14. The Morgan fingerprint density at radius 2 is 1.68 bits per heavy atom. The molecule has 0 fully saturated rings. The predicted octanol–water partition coefficient (Wildman–Crippen LogP) is 8.59. The molecule has 0 heterocycles. The zero-order valence-electron chi connectivity index (χ0n) is 18.8. The van der Waals surface area contributed by atoms with Crippen molar-refractivity contribution < 1.29 is 4.74 Å². The maximum absolute atomic E-state index is 5.92. The molecule has 1 aliphatic rings. The lowest BCUT2D eigenvalue weighted by atomic mass is 9.75. The van der Waals surface area contributed by atoms with Gasteiger partial charge in [-0.25, -0.2) is 0 Å². The first-order chi connectivity index (χ1) is 13.7. The fourth-order valence-corrected chi connectivity index (χ4v) is 4.72. The Kier molecular flexibility index (Phi) is 11.4. The number of hydrogen-bond donors (Lipinski definition) is 0. The zero-order valence-corrected chi connectivity index (χ0v) is 18.8. The van der Waals surface area contributed by atoms with Crippen LogP contribution in [0.5, 0.6) is 5.75 Å². The van der Waals surface area contributed by atoms with Crippen molar-refractivity contribution >= 4 is 0 Å². The maximum atomic E-state index is 5.92. The van der Waals surface area contributed by atoms with E-state index >= 15 is 0 Å². The average molecular weight is 385 g/mol. The quantitative estimate of drug-likeness (QED) is 0.230. The van der Waals surface area contributed by atoms with Gasteiger partial charge >= 0.3 is 0 Å². The first-order valence-electron chi connectivity index (χ1n) is 12.1. The summed E-state index contributed by atoms with van der Waals surface area (Å²) in [7, 11) is 0. The predicted molar refractivity (Wildman–Crippen MR) is 123 cm³/mol. The highest BCUT2D eigenvalue weighted by Gasteiger charge is 2.23. The van der Waals surface area contributed by atoms with Crippen LogP contribution in [-0.4, -0.2) is 6.61 Å². The molecular formula is C27H44O. The zero-order chi connectivity index (χ0) is 20.0. The molecule has 1 aliphatic carbocycles. The fraction of sp³-hybridized carbons (Fsp3) is 0.704. The van der Waals surface area contributed by atoms with Gasteiger partial charge in [0.2, 0.25) is 0 Å². The van der Waals surface area contributed by atoms with Crippen molar-refractivity contribution in [2.45, 2.75) is 97.8 Å². The van der Waals surface area contributed by atoms with E-state index in [1.165, 1.54) is 70.6 Å². The van der Waals surface area contributed by atoms with Crippen LogP contribution in [0.1, 0.15) is 97.8 Å². The van der Waals surface area contributed by atoms with Gasteiger partial charge in [0.1, 0.15) is 5.75 Å². The molecule has 0 saturated carbocycles. The van der Waals surface area contributed by atoms with Gasteiger partial charge in [-0.3, -0.25) is 0 Å². The third kappa shape index (κ3) is 8.41. The molecule has 0 aromatic heterocycles. The van der Waals surface area contributed by atoms with E-state index in [4.69, 9.17) is 4.74 Å². The largest absolute Gasteiger partial charge is 0.494 e. The van der Waals surface area contributed by atoms with Gasteiger partial charge in [-0.1, -0.05) is 89.1 Å². The Morgan fingerprint density at radius 3 is 2.36 bits per heavy atom. The van der Waals surface area contributed by atoms with E-state index in [1.54, 1.807) is 5.57 Å². The third-order valence-corrected chi connectivity index (χ3v) is 6.69. The lowest BCUT2D eigenvalue weighted by Crippen LogP contribution is -2.18. The van der Waals surface area contributed by atoms with Gasteiger partial charge in [-0.2, -0.15) is 0 Å². The van der Waals surface area contributed by atoms with E-state index in [2.05, 4.69) is 39.0 Å². The van der Waals surface area contributed by atoms with Crippen LogP contribution in [0.2, 0.25) is 0 Å². The standard InChI is InChI=1S/C27H44O/c1-4-6-9-13-23(3)24-18-20-26(21-19-24)25(14-7-5-2)15-12-22-28-27-16-10-8-11-17-27/h8,10-11,16-17,20,23-25H,4-7,9,12-15,18-19,21-22H2,1-3H3. The Bertz CT molecular complexity index is 532. The molecule has 0 N–H and O–H groups in total.